The van der Waals surface area contributed by atoms with Gasteiger partial charge in [-0.2, -0.15) is 0 Å². The smallest absolute Gasteiger partial charge is 0.309 e. The van der Waals surface area contributed by atoms with Crippen molar-refractivity contribution in [2.75, 3.05) is 6.61 Å². The SMILES string of the molecule is CCOC(=O)C1CC=C(C[Si](C)(C)C)CC1. The van der Waals surface area contributed by atoms with Crippen LogP contribution in [0.2, 0.25) is 25.7 Å². The first-order valence-electron chi connectivity index (χ1n) is 6.27. The van der Waals surface area contributed by atoms with E-state index >= 15 is 0 Å². The Balaban J connectivity index is 2.45. The van der Waals surface area contributed by atoms with Crippen LogP contribution in [0, 0.1) is 5.92 Å². The minimum absolute atomic E-state index is 0.00852. The van der Waals surface area contributed by atoms with Gasteiger partial charge in [0.25, 0.3) is 0 Å². The van der Waals surface area contributed by atoms with Crippen LogP contribution in [0.5, 0.6) is 0 Å². The lowest BCUT2D eigenvalue weighted by Crippen LogP contribution is -2.23. The summed E-state index contributed by atoms with van der Waals surface area (Å²) in [6, 6.07) is 1.28. The van der Waals surface area contributed by atoms with Crippen molar-refractivity contribution in [3.8, 4) is 0 Å². The highest BCUT2D eigenvalue weighted by Gasteiger charge is 2.24. The lowest BCUT2D eigenvalue weighted by Gasteiger charge is -2.24. The molecule has 0 bridgehead atoms. The molecule has 1 rings (SSSR count). The molecule has 0 aromatic rings. The summed E-state index contributed by atoms with van der Waals surface area (Å²) in [5.74, 6) is 0.108. The number of esters is 1. The molecule has 16 heavy (non-hydrogen) atoms. The number of allylic oxidation sites excluding steroid dienone is 2. The first kappa shape index (κ1) is 13.5. The number of hydrogen-bond acceptors (Lipinski definition) is 2. The molecule has 0 amide bonds. The molecule has 1 aliphatic rings. The largest absolute Gasteiger partial charge is 0.466 e. The summed E-state index contributed by atoms with van der Waals surface area (Å²) >= 11 is 0. The van der Waals surface area contributed by atoms with E-state index in [0.717, 1.165) is 19.3 Å². The molecule has 0 N–H and O–H groups in total. The van der Waals surface area contributed by atoms with Crippen molar-refractivity contribution in [1.82, 2.24) is 0 Å². The van der Waals surface area contributed by atoms with Crippen molar-refractivity contribution < 1.29 is 9.53 Å². The molecule has 1 atom stereocenters. The second kappa shape index (κ2) is 5.67. The Labute approximate surface area is 100 Å². The second-order valence-corrected chi connectivity index (χ2v) is 11.3. The van der Waals surface area contributed by atoms with Crippen molar-refractivity contribution in [2.24, 2.45) is 5.92 Å². The standard InChI is InChI=1S/C13H24O2Si/c1-5-15-13(14)12-8-6-11(7-9-12)10-16(2,3)4/h6,12H,5,7-10H2,1-4H3. The van der Waals surface area contributed by atoms with Gasteiger partial charge in [0, 0.05) is 8.07 Å². The van der Waals surface area contributed by atoms with Crippen molar-refractivity contribution in [3.63, 3.8) is 0 Å². The van der Waals surface area contributed by atoms with E-state index in [1.54, 1.807) is 5.57 Å². The molecule has 0 aromatic carbocycles. The lowest BCUT2D eigenvalue weighted by atomic mass is 9.90. The van der Waals surface area contributed by atoms with Crippen LogP contribution in [0.3, 0.4) is 0 Å². The Morgan fingerprint density at radius 3 is 2.62 bits per heavy atom. The summed E-state index contributed by atoms with van der Waals surface area (Å²) in [6.07, 6.45) is 5.24. The number of hydrogen-bond donors (Lipinski definition) is 0. The summed E-state index contributed by atoms with van der Waals surface area (Å²) in [4.78, 5) is 11.5. The normalized spacial score (nSPS) is 21.5. The van der Waals surface area contributed by atoms with E-state index in [2.05, 4.69) is 25.7 Å². The van der Waals surface area contributed by atoms with Crippen molar-refractivity contribution in [2.45, 2.75) is 51.9 Å². The molecule has 0 heterocycles. The van der Waals surface area contributed by atoms with E-state index in [-0.39, 0.29) is 11.9 Å². The van der Waals surface area contributed by atoms with Gasteiger partial charge in [0.15, 0.2) is 0 Å². The Hall–Kier alpha value is -0.573. The summed E-state index contributed by atoms with van der Waals surface area (Å²) in [6.45, 7) is 9.55. The molecule has 0 aliphatic heterocycles. The van der Waals surface area contributed by atoms with Crippen LogP contribution in [0.1, 0.15) is 26.2 Å². The molecule has 0 aromatic heterocycles. The molecule has 0 radical (unpaired) electrons. The fourth-order valence-electron chi connectivity index (χ4n) is 2.20. The number of rotatable bonds is 4. The maximum atomic E-state index is 11.5. The predicted octanol–water partition coefficient (Wildman–Crippen LogP) is 3.61. The predicted molar refractivity (Wildman–Crippen MR) is 70.2 cm³/mol. The van der Waals surface area contributed by atoms with Crippen molar-refractivity contribution in [3.05, 3.63) is 11.6 Å². The minimum atomic E-state index is -0.993. The number of carbonyl (C=O) groups excluding carboxylic acids is 1. The molecule has 0 spiro atoms. The van der Waals surface area contributed by atoms with Gasteiger partial charge in [-0.3, -0.25) is 4.79 Å². The van der Waals surface area contributed by atoms with Gasteiger partial charge in [-0.1, -0.05) is 31.3 Å². The molecule has 0 saturated heterocycles. The van der Waals surface area contributed by atoms with Gasteiger partial charge < -0.3 is 4.74 Å². The molecular formula is C13H24O2Si. The monoisotopic (exact) mass is 240 g/mol. The van der Waals surface area contributed by atoms with Gasteiger partial charge in [0.05, 0.1) is 12.5 Å². The van der Waals surface area contributed by atoms with Crippen LogP contribution in [-0.4, -0.2) is 20.7 Å². The highest BCUT2D eigenvalue weighted by molar-refractivity contribution is 6.76. The summed E-state index contributed by atoms with van der Waals surface area (Å²) in [5.41, 5.74) is 1.57. The molecule has 2 nitrogen and oxygen atoms in total. The van der Waals surface area contributed by atoms with Crippen molar-refractivity contribution in [1.29, 1.82) is 0 Å². The first-order valence-corrected chi connectivity index (χ1v) is 9.97. The van der Waals surface area contributed by atoms with Crippen LogP contribution >= 0.6 is 0 Å². The molecule has 0 saturated carbocycles. The van der Waals surface area contributed by atoms with Gasteiger partial charge in [-0.05, 0) is 32.2 Å². The van der Waals surface area contributed by atoms with Gasteiger partial charge in [0.1, 0.15) is 0 Å². The molecular weight excluding hydrogens is 216 g/mol. The minimum Gasteiger partial charge on any atom is -0.466 e. The van der Waals surface area contributed by atoms with Gasteiger partial charge in [-0.25, -0.2) is 0 Å². The zero-order valence-corrected chi connectivity index (χ0v) is 12.0. The number of carbonyl (C=O) groups is 1. The molecule has 1 unspecified atom stereocenters. The highest BCUT2D eigenvalue weighted by atomic mass is 28.3. The highest BCUT2D eigenvalue weighted by Crippen LogP contribution is 2.29. The topological polar surface area (TPSA) is 26.3 Å². The molecule has 1 aliphatic carbocycles. The summed E-state index contributed by atoms with van der Waals surface area (Å²) < 4.78 is 5.06. The van der Waals surface area contributed by atoms with Crippen LogP contribution in [0.4, 0.5) is 0 Å². The average molecular weight is 240 g/mol. The summed E-state index contributed by atoms with van der Waals surface area (Å²) in [5, 5.41) is 0. The molecule has 0 fully saturated rings. The fraction of sp³-hybridized carbons (Fsp3) is 0.769. The number of ether oxygens (including phenoxy) is 1. The molecule has 92 valence electrons. The summed E-state index contributed by atoms with van der Waals surface area (Å²) in [7, 11) is -0.993. The van der Waals surface area contributed by atoms with E-state index in [1.165, 1.54) is 6.04 Å². The second-order valence-electron chi connectivity index (χ2n) is 5.82. The van der Waals surface area contributed by atoms with E-state index in [1.807, 2.05) is 6.92 Å². The quantitative estimate of drug-likeness (QED) is 0.426. The van der Waals surface area contributed by atoms with Crippen molar-refractivity contribution >= 4 is 14.0 Å². The van der Waals surface area contributed by atoms with E-state index in [9.17, 15) is 4.79 Å². The van der Waals surface area contributed by atoms with Gasteiger partial charge >= 0.3 is 5.97 Å². The average Bonchev–Trinajstić information content (AvgIpc) is 2.16. The van der Waals surface area contributed by atoms with Crippen LogP contribution in [0.15, 0.2) is 11.6 Å². The van der Waals surface area contributed by atoms with Crippen LogP contribution < -0.4 is 0 Å². The Morgan fingerprint density at radius 1 is 1.50 bits per heavy atom. The third-order valence-corrected chi connectivity index (χ3v) is 4.40. The zero-order valence-electron chi connectivity index (χ0n) is 11.0. The van der Waals surface area contributed by atoms with E-state index < -0.39 is 8.07 Å². The third kappa shape index (κ3) is 4.52. The fourth-order valence-corrected chi connectivity index (χ4v) is 3.89. The maximum Gasteiger partial charge on any atom is 0.309 e. The van der Waals surface area contributed by atoms with Crippen LogP contribution in [0.25, 0.3) is 0 Å². The van der Waals surface area contributed by atoms with E-state index in [0.29, 0.717) is 6.61 Å². The Kier molecular flexibility index (Phi) is 4.78. The third-order valence-electron chi connectivity index (χ3n) is 2.88. The zero-order chi connectivity index (χ0) is 12.2. The maximum absolute atomic E-state index is 11.5. The van der Waals surface area contributed by atoms with E-state index in [4.69, 9.17) is 4.74 Å². The van der Waals surface area contributed by atoms with Gasteiger partial charge in [-0.15, -0.1) is 0 Å². The Bertz CT molecular complexity index is 276. The molecule has 3 heteroatoms. The lowest BCUT2D eigenvalue weighted by molar-refractivity contribution is -0.148. The Morgan fingerprint density at radius 2 is 2.19 bits per heavy atom. The van der Waals surface area contributed by atoms with Crippen LogP contribution in [-0.2, 0) is 9.53 Å². The first-order chi connectivity index (χ1) is 7.42. The van der Waals surface area contributed by atoms with Gasteiger partial charge in [0.2, 0.25) is 0 Å².